The molecule has 0 unspecified atom stereocenters. The van der Waals surface area contributed by atoms with Crippen LogP contribution in [0.25, 0.3) is 106 Å². The smallest absolute Gasteiger partial charge is 0.166 e. The molecule has 302 valence electrons. The fourth-order valence-corrected chi connectivity index (χ4v) is 9.49. The number of benzene rings is 8. The molecular formula is C59H41N5. The molecule has 0 saturated carbocycles. The molecule has 3 heterocycles. The molecule has 3 aromatic heterocycles. The van der Waals surface area contributed by atoms with Gasteiger partial charge in [0.15, 0.2) is 17.5 Å². The Labute approximate surface area is 379 Å². The number of pyridine rings is 1. The highest BCUT2D eigenvalue weighted by atomic mass is 15.1. The Balaban J connectivity index is 1.17. The number of aromatic nitrogens is 5. The lowest BCUT2D eigenvalue weighted by atomic mass is 9.82. The third-order valence-corrected chi connectivity index (χ3v) is 12.5. The second kappa shape index (κ2) is 15.0. The molecule has 0 atom stereocenters. The number of nitrogens with zero attached hydrogens (tertiary/aromatic N) is 5. The Morgan fingerprint density at radius 2 is 1.02 bits per heavy atom. The van der Waals surface area contributed by atoms with Gasteiger partial charge in [-0.25, -0.2) is 19.9 Å². The van der Waals surface area contributed by atoms with Gasteiger partial charge in [-0.3, -0.25) is 0 Å². The molecule has 64 heavy (non-hydrogen) atoms. The summed E-state index contributed by atoms with van der Waals surface area (Å²) in [6, 6.07) is 59.5. The van der Waals surface area contributed by atoms with Crippen molar-refractivity contribution >= 4 is 21.8 Å². The molecule has 0 radical (unpaired) electrons. The van der Waals surface area contributed by atoms with Crippen LogP contribution < -0.4 is 0 Å². The van der Waals surface area contributed by atoms with Crippen LogP contribution in [0.5, 0.6) is 0 Å². The van der Waals surface area contributed by atoms with Gasteiger partial charge in [0, 0.05) is 44.0 Å². The zero-order valence-corrected chi connectivity index (χ0v) is 35.1. The molecule has 1 aliphatic carbocycles. The van der Waals surface area contributed by atoms with Gasteiger partial charge in [0.25, 0.3) is 0 Å². The summed E-state index contributed by atoms with van der Waals surface area (Å²) in [4.78, 5) is 20.6. The summed E-state index contributed by atoms with van der Waals surface area (Å²) in [6.45, 7) is 4.61. The van der Waals surface area contributed by atoms with Gasteiger partial charge in [-0.05, 0) is 69.8 Å². The Morgan fingerprint density at radius 3 is 1.72 bits per heavy atom. The second-order valence-electron chi connectivity index (χ2n) is 16.7. The van der Waals surface area contributed by atoms with Crippen molar-refractivity contribution in [3.8, 4) is 84.6 Å². The van der Waals surface area contributed by atoms with E-state index in [9.17, 15) is 0 Å². The number of hydrogen-bond acceptors (Lipinski definition) is 4. The third kappa shape index (κ3) is 6.16. The quantitative estimate of drug-likeness (QED) is 0.161. The fourth-order valence-electron chi connectivity index (χ4n) is 9.49. The van der Waals surface area contributed by atoms with E-state index in [1.807, 2.05) is 97.1 Å². The maximum Gasteiger partial charge on any atom is 0.166 e. The minimum absolute atomic E-state index is 0.0249. The molecule has 1 aliphatic rings. The van der Waals surface area contributed by atoms with Gasteiger partial charge in [0.05, 0.1) is 35.0 Å². The van der Waals surface area contributed by atoms with E-state index in [-0.39, 0.29) is 28.8 Å². The number of rotatable bonds is 7. The van der Waals surface area contributed by atoms with Crippen molar-refractivity contribution in [2.45, 2.75) is 19.3 Å². The molecule has 11 aromatic rings. The normalized spacial score (nSPS) is 13.8. The van der Waals surface area contributed by atoms with Crippen molar-refractivity contribution in [1.82, 2.24) is 24.5 Å². The monoisotopic (exact) mass is 824 g/mol. The minimum atomic E-state index is -0.460. The highest BCUT2D eigenvalue weighted by Crippen LogP contribution is 2.53. The lowest BCUT2D eigenvalue weighted by Crippen LogP contribution is -2.14. The van der Waals surface area contributed by atoms with Crippen molar-refractivity contribution in [3.63, 3.8) is 0 Å². The lowest BCUT2D eigenvalue weighted by Gasteiger charge is -2.21. The average molecular weight is 825 g/mol. The number of fused-ring (bicyclic) bond motifs is 7. The minimum Gasteiger partial charge on any atom is -0.308 e. The maximum atomic E-state index is 8.96. The topological polar surface area (TPSA) is 56.5 Å². The largest absolute Gasteiger partial charge is 0.308 e. The fraction of sp³-hybridized carbons (Fsp3) is 0.0508. The molecule has 0 spiro atoms. The Morgan fingerprint density at radius 1 is 0.422 bits per heavy atom. The summed E-state index contributed by atoms with van der Waals surface area (Å²) in [7, 11) is 0. The Bertz CT molecular complexity index is 3780. The number of hydrogen-bond donors (Lipinski definition) is 0. The molecule has 5 nitrogen and oxygen atoms in total. The van der Waals surface area contributed by atoms with Crippen LogP contribution in [0.1, 0.15) is 31.8 Å². The van der Waals surface area contributed by atoms with E-state index in [4.69, 9.17) is 26.8 Å². The predicted molar refractivity (Wildman–Crippen MR) is 262 cm³/mol. The van der Waals surface area contributed by atoms with Crippen LogP contribution in [0.2, 0.25) is 0 Å². The first kappa shape index (κ1) is 32.4. The zero-order chi connectivity index (χ0) is 47.1. The summed E-state index contributed by atoms with van der Waals surface area (Å²) in [6.07, 6.45) is 0. The van der Waals surface area contributed by atoms with Crippen LogP contribution in [-0.4, -0.2) is 24.5 Å². The van der Waals surface area contributed by atoms with Crippen molar-refractivity contribution in [3.05, 3.63) is 223 Å². The standard InChI is InChI=1S/C59H41N5/c1-59(2)47-29-17-15-27-44(47)54-48(59)32-34-53-55(54)45-28-16-18-30-51(45)64(53)52-33-31-42(43-36-49(38-19-7-3-8-20-38)60-50(37-43)39-21-9-4-10-22-39)35-46(52)58-62-56(40-23-11-5-12-24-40)61-57(63-58)41-25-13-6-14-26-41/h3-37H,1-2H3/i3D,7D,8D,19D,20D. The van der Waals surface area contributed by atoms with Gasteiger partial charge in [0.2, 0.25) is 0 Å². The van der Waals surface area contributed by atoms with Gasteiger partial charge in [-0.1, -0.05) is 190 Å². The molecular weight excluding hydrogens is 779 g/mol. The van der Waals surface area contributed by atoms with E-state index in [1.165, 1.54) is 27.6 Å². The first-order valence-electron chi connectivity index (χ1n) is 23.9. The molecule has 0 saturated heterocycles. The van der Waals surface area contributed by atoms with Gasteiger partial charge < -0.3 is 4.57 Å². The van der Waals surface area contributed by atoms with Crippen LogP contribution in [0.4, 0.5) is 0 Å². The molecule has 0 aliphatic heterocycles. The van der Waals surface area contributed by atoms with E-state index >= 15 is 0 Å². The van der Waals surface area contributed by atoms with E-state index < -0.39 is 18.1 Å². The third-order valence-electron chi connectivity index (χ3n) is 12.5. The van der Waals surface area contributed by atoms with Gasteiger partial charge in [-0.2, -0.15) is 0 Å². The Hall–Kier alpha value is -8.28. The predicted octanol–water partition coefficient (Wildman–Crippen LogP) is 14.7. The molecule has 8 aromatic carbocycles. The van der Waals surface area contributed by atoms with Crippen molar-refractivity contribution in [2.24, 2.45) is 0 Å². The number of para-hydroxylation sites is 1. The summed E-state index contributed by atoms with van der Waals surface area (Å²) in [5.74, 6) is 1.50. The van der Waals surface area contributed by atoms with Crippen LogP contribution in [0.3, 0.4) is 0 Å². The summed E-state index contributed by atoms with van der Waals surface area (Å²) in [5.41, 5.74) is 13.4. The molecule has 12 rings (SSSR count). The average Bonchev–Trinajstić information content (AvgIpc) is 3.85. The summed E-state index contributed by atoms with van der Waals surface area (Å²) < 4.78 is 45.7. The Kier molecular flexibility index (Phi) is 7.58. The van der Waals surface area contributed by atoms with E-state index in [0.29, 0.717) is 23.2 Å². The van der Waals surface area contributed by atoms with Gasteiger partial charge in [0.1, 0.15) is 0 Å². The molecule has 0 fully saturated rings. The van der Waals surface area contributed by atoms with Gasteiger partial charge in [-0.15, -0.1) is 0 Å². The molecule has 0 amide bonds. The molecule has 0 bridgehead atoms. The molecule has 5 heteroatoms. The maximum absolute atomic E-state index is 8.96. The molecule has 0 N–H and O–H groups in total. The summed E-state index contributed by atoms with van der Waals surface area (Å²) >= 11 is 0. The van der Waals surface area contributed by atoms with Crippen molar-refractivity contribution < 1.29 is 6.85 Å². The van der Waals surface area contributed by atoms with Crippen LogP contribution in [-0.2, 0) is 5.41 Å². The van der Waals surface area contributed by atoms with E-state index in [1.54, 1.807) is 6.07 Å². The first-order chi connectivity index (χ1) is 33.6. The van der Waals surface area contributed by atoms with Crippen LogP contribution in [0, 0.1) is 0 Å². The first-order valence-corrected chi connectivity index (χ1v) is 21.4. The summed E-state index contributed by atoms with van der Waals surface area (Å²) in [5, 5.41) is 2.30. The lowest BCUT2D eigenvalue weighted by molar-refractivity contribution is 0.661. The van der Waals surface area contributed by atoms with Crippen LogP contribution >= 0.6 is 0 Å². The highest BCUT2D eigenvalue weighted by Gasteiger charge is 2.37. The highest BCUT2D eigenvalue weighted by molar-refractivity contribution is 6.18. The van der Waals surface area contributed by atoms with Crippen molar-refractivity contribution in [1.29, 1.82) is 0 Å². The second-order valence-corrected chi connectivity index (χ2v) is 16.7. The van der Waals surface area contributed by atoms with E-state index in [2.05, 4.69) is 97.3 Å². The van der Waals surface area contributed by atoms with Gasteiger partial charge >= 0.3 is 0 Å². The van der Waals surface area contributed by atoms with Crippen LogP contribution in [0.15, 0.2) is 212 Å². The SMILES string of the molecule is [2H]c1c([2H])c([2H])c(-c2cc(-c3ccc(-n4c5ccccc5c5c6c(ccc54)C(C)(C)c4ccccc4-6)c(-c4nc(-c5ccccc5)nc(-c5ccccc5)n4)c3)cc(-c3ccccc3)n2)c([2H])c1[2H]. The van der Waals surface area contributed by atoms with Crippen molar-refractivity contribution in [2.75, 3.05) is 0 Å². The van der Waals surface area contributed by atoms with E-state index in [0.717, 1.165) is 55.5 Å². The zero-order valence-electron chi connectivity index (χ0n) is 40.1.